The average molecular weight is 316 g/mol. The first kappa shape index (κ1) is 18.2. The molecule has 0 saturated carbocycles. The van der Waals surface area contributed by atoms with Crippen molar-refractivity contribution in [3.63, 3.8) is 0 Å². The molecule has 0 amide bonds. The largest absolute Gasteiger partial charge is 0.386 e. The van der Waals surface area contributed by atoms with E-state index >= 15 is 0 Å². The summed E-state index contributed by atoms with van der Waals surface area (Å²) < 4.78 is 0. The molecule has 2 rings (SSSR count). The lowest BCUT2D eigenvalue weighted by atomic mass is 9.57. The Labute approximate surface area is 141 Å². The van der Waals surface area contributed by atoms with Crippen molar-refractivity contribution in [3.8, 4) is 0 Å². The van der Waals surface area contributed by atoms with Crippen molar-refractivity contribution in [1.29, 1.82) is 0 Å². The van der Waals surface area contributed by atoms with Gasteiger partial charge in [0.1, 0.15) is 11.7 Å². The number of allylic oxidation sites excluding steroid dienone is 4. The fraction of sp³-hybridized carbons (Fsp3) is 0.619. The molecule has 0 fully saturated rings. The molecular weight excluding hydrogens is 284 g/mol. The Morgan fingerprint density at radius 1 is 1.22 bits per heavy atom. The minimum absolute atomic E-state index is 0.242. The highest BCUT2D eigenvalue weighted by Gasteiger charge is 2.54. The molecule has 0 radical (unpaired) electrons. The van der Waals surface area contributed by atoms with E-state index in [4.69, 9.17) is 0 Å². The first-order valence-electron chi connectivity index (χ1n) is 8.71. The third-order valence-electron chi connectivity index (χ3n) is 6.42. The van der Waals surface area contributed by atoms with Gasteiger partial charge in [0.15, 0.2) is 0 Å². The summed E-state index contributed by atoms with van der Waals surface area (Å²) in [5, 5.41) is 22.8. The average Bonchev–Trinajstić information content (AvgIpc) is 2.51. The number of hydrogen-bond acceptors (Lipinski definition) is 2. The van der Waals surface area contributed by atoms with Crippen LogP contribution in [0, 0.1) is 10.8 Å². The van der Waals surface area contributed by atoms with E-state index in [1.54, 1.807) is 0 Å². The van der Waals surface area contributed by atoms with Crippen molar-refractivity contribution >= 4 is 0 Å². The fourth-order valence-corrected chi connectivity index (χ4v) is 4.51. The summed E-state index contributed by atoms with van der Waals surface area (Å²) in [4.78, 5) is 0. The molecule has 128 valence electrons. The molecule has 2 nitrogen and oxygen atoms in total. The molecule has 0 heterocycles. The van der Waals surface area contributed by atoms with Gasteiger partial charge in [0.25, 0.3) is 0 Å². The van der Waals surface area contributed by atoms with Crippen molar-refractivity contribution in [2.24, 2.45) is 10.8 Å². The van der Waals surface area contributed by atoms with Gasteiger partial charge in [0, 0.05) is 10.8 Å². The minimum Gasteiger partial charge on any atom is -0.386 e. The zero-order chi connectivity index (χ0) is 17.5. The van der Waals surface area contributed by atoms with Gasteiger partial charge in [-0.2, -0.15) is 0 Å². The monoisotopic (exact) mass is 316 g/mol. The molecule has 0 aromatic heterocycles. The molecule has 2 N–H and O–H groups in total. The van der Waals surface area contributed by atoms with Crippen LogP contribution < -0.4 is 0 Å². The normalized spacial score (nSPS) is 35.5. The summed E-state index contributed by atoms with van der Waals surface area (Å²) in [6.07, 6.45) is 9.37. The maximum absolute atomic E-state index is 11.6. The van der Waals surface area contributed by atoms with E-state index in [0.717, 1.165) is 36.8 Å². The predicted octanol–water partition coefficient (Wildman–Crippen LogP) is 4.70. The van der Waals surface area contributed by atoms with E-state index < -0.39 is 17.1 Å². The number of hydrogen-bond donors (Lipinski definition) is 2. The molecule has 0 bridgehead atoms. The Hall–Kier alpha value is -1.12. The quantitative estimate of drug-likeness (QED) is 0.738. The van der Waals surface area contributed by atoms with E-state index in [1.807, 2.05) is 26.0 Å². The molecular formula is C21H32O2. The van der Waals surface area contributed by atoms with Crippen LogP contribution in [-0.4, -0.2) is 21.9 Å². The molecule has 0 aromatic rings. The van der Waals surface area contributed by atoms with E-state index in [2.05, 4.69) is 33.1 Å². The molecule has 3 atom stereocenters. The first-order valence-corrected chi connectivity index (χ1v) is 8.71. The van der Waals surface area contributed by atoms with Gasteiger partial charge in [-0.05, 0) is 50.2 Å². The Morgan fingerprint density at radius 3 is 2.43 bits per heavy atom. The van der Waals surface area contributed by atoms with Crippen LogP contribution in [0.25, 0.3) is 0 Å². The third kappa shape index (κ3) is 2.66. The Morgan fingerprint density at radius 2 is 1.87 bits per heavy atom. The summed E-state index contributed by atoms with van der Waals surface area (Å²) in [5.74, 6) is 0. The molecule has 1 unspecified atom stereocenters. The molecule has 2 aliphatic rings. The highest BCUT2D eigenvalue weighted by molar-refractivity contribution is 5.39. The van der Waals surface area contributed by atoms with E-state index in [1.165, 1.54) is 5.57 Å². The smallest absolute Gasteiger partial charge is 0.105 e. The van der Waals surface area contributed by atoms with Gasteiger partial charge in [-0.3, -0.25) is 0 Å². The topological polar surface area (TPSA) is 40.5 Å². The lowest BCUT2D eigenvalue weighted by Crippen LogP contribution is -2.58. The zero-order valence-corrected chi connectivity index (χ0v) is 15.2. The van der Waals surface area contributed by atoms with Crippen molar-refractivity contribution in [1.82, 2.24) is 0 Å². The molecule has 2 heteroatoms. The second-order valence-corrected chi connectivity index (χ2v) is 8.02. The number of aliphatic hydroxyl groups excluding tert-OH is 1. The maximum Gasteiger partial charge on any atom is 0.105 e. The SMILES string of the molecule is C=CC1=C(C)CC[C@@](O)([C@H](O)C2=CCCCC2(C)C=C)C1(C)C. The van der Waals surface area contributed by atoms with Crippen LogP contribution >= 0.6 is 0 Å². The van der Waals surface area contributed by atoms with Gasteiger partial charge < -0.3 is 10.2 Å². The van der Waals surface area contributed by atoms with Crippen LogP contribution in [0.3, 0.4) is 0 Å². The standard InChI is InChI=1S/C21H32O2/c1-7-16-15(3)12-14-21(23,19(16,4)5)18(22)17-11-9-10-13-20(17,6)8-2/h7-8,11,18,22-23H,1-2,9-10,12-14H2,3-6H3/t18-,20?,21-/m1/s1. The van der Waals surface area contributed by atoms with Crippen molar-refractivity contribution in [2.75, 3.05) is 0 Å². The summed E-state index contributed by atoms with van der Waals surface area (Å²) in [6.45, 7) is 16.2. The van der Waals surface area contributed by atoms with Gasteiger partial charge >= 0.3 is 0 Å². The van der Waals surface area contributed by atoms with Crippen molar-refractivity contribution in [2.45, 2.75) is 71.5 Å². The second kappa shape index (κ2) is 6.07. The van der Waals surface area contributed by atoms with E-state index in [9.17, 15) is 10.2 Å². The highest BCUT2D eigenvalue weighted by Crippen LogP contribution is 2.53. The molecule has 0 aromatic carbocycles. The summed E-state index contributed by atoms with van der Waals surface area (Å²) in [5.41, 5.74) is 1.26. The zero-order valence-electron chi connectivity index (χ0n) is 15.2. The minimum atomic E-state index is -1.19. The molecule has 23 heavy (non-hydrogen) atoms. The van der Waals surface area contributed by atoms with Gasteiger partial charge in [0.05, 0.1) is 0 Å². The van der Waals surface area contributed by atoms with Crippen LogP contribution in [0.5, 0.6) is 0 Å². The lowest BCUT2D eigenvalue weighted by molar-refractivity contribution is -0.134. The van der Waals surface area contributed by atoms with Gasteiger partial charge in [0.2, 0.25) is 0 Å². The number of rotatable bonds is 4. The second-order valence-electron chi connectivity index (χ2n) is 8.02. The molecule has 0 aliphatic heterocycles. The van der Waals surface area contributed by atoms with Crippen molar-refractivity contribution in [3.05, 3.63) is 48.1 Å². The maximum atomic E-state index is 11.6. The van der Waals surface area contributed by atoms with Crippen LogP contribution in [0.15, 0.2) is 48.1 Å². The predicted molar refractivity (Wildman–Crippen MR) is 97.1 cm³/mol. The van der Waals surface area contributed by atoms with Gasteiger partial charge in [-0.15, -0.1) is 6.58 Å². The molecule has 0 saturated heterocycles. The van der Waals surface area contributed by atoms with Gasteiger partial charge in [-0.25, -0.2) is 0 Å². The van der Waals surface area contributed by atoms with E-state index in [0.29, 0.717) is 6.42 Å². The first-order chi connectivity index (χ1) is 10.6. The summed E-state index contributed by atoms with van der Waals surface area (Å²) in [7, 11) is 0. The van der Waals surface area contributed by atoms with E-state index in [-0.39, 0.29) is 5.41 Å². The molecule has 2 aliphatic carbocycles. The van der Waals surface area contributed by atoms with Gasteiger partial charge in [-0.1, -0.05) is 51.2 Å². The summed E-state index contributed by atoms with van der Waals surface area (Å²) >= 11 is 0. The number of aliphatic hydroxyl groups is 2. The van der Waals surface area contributed by atoms with Crippen LogP contribution in [0.2, 0.25) is 0 Å². The van der Waals surface area contributed by atoms with Crippen molar-refractivity contribution < 1.29 is 10.2 Å². The van der Waals surface area contributed by atoms with Crippen LogP contribution in [-0.2, 0) is 0 Å². The lowest BCUT2D eigenvalue weighted by Gasteiger charge is -2.52. The third-order valence-corrected chi connectivity index (χ3v) is 6.42. The Bertz CT molecular complexity index is 566. The highest BCUT2D eigenvalue weighted by atomic mass is 16.3. The fourth-order valence-electron chi connectivity index (χ4n) is 4.51. The van der Waals surface area contributed by atoms with Crippen LogP contribution in [0.4, 0.5) is 0 Å². The Balaban J connectivity index is 2.50. The Kier molecular flexibility index (Phi) is 4.81. The summed E-state index contributed by atoms with van der Waals surface area (Å²) in [6, 6.07) is 0. The molecule has 0 spiro atoms. The van der Waals surface area contributed by atoms with Crippen LogP contribution in [0.1, 0.15) is 59.8 Å².